The molecule has 0 heterocycles. The minimum Gasteiger partial charge on any atom is -0.452 e. The van der Waals surface area contributed by atoms with Crippen molar-refractivity contribution in [2.24, 2.45) is 0 Å². The predicted molar refractivity (Wildman–Crippen MR) is 90.7 cm³/mol. The van der Waals surface area contributed by atoms with Gasteiger partial charge in [0.05, 0.1) is 5.56 Å². The Hall–Kier alpha value is -2.62. The van der Waals surface area contributed by atoms with Crippen LogP contribution in [0.2, 0.25) is 0 Å². The highest BCUT2D eigenvalue weighted by atomic mass is 16.5. The van der Waals surface area contributed by atoms with Crippen LogP contribution in [0.25, 0.3) is 0 Å². The first-order chi connectivity index (χ1) is 10.9. The van der Waals surface area contributed by atoms with Gasteiger partial charge in [-0.2, -0.15) is 0 Å². The summed E-state index contributed by atoms with van der Waals surface area (Å²) in [4.78, 5) is 23.9. The quantitative estimate of drug-likeness (QED) is 0.876. The number of rotatable bonds is 4. The van der Waals surface area contributed by atoms with Crippen molar-refractivity contribution in [3.05, 3.63) is 64.2 Å². The monoisotopic (exact) mass is 311 g/mol. The van der Waals surface area contributed by atoms with Crippen LogP contribution in [0.3, 0.4) is 0 Å². The van der Waals surface area contributed by atoms with E-state index >= 15 is 0 Å². The number of ether oxygens (including phenoxy) is 1. The lowest BCUT2D eigenvalue weighted by Crippen LogP contribution is -2.21. The molecule has 0 unspecified atom stereocenters. The van der Waals surface area contributed by atoms with Gasteiger partial charge in [-0.15, -0.1) is 0 Å². The zero-order valence-electron chi connectivity index (χ0n) is 13.9. The average molecular weight is 311 g/mol. The Bertz CT molecular complexity index is 750. The first kappa shape index (κ1) is 16.7. The van der Waals surface area contributed by atoms with Gasteiger partial charge >= 0.3 is 5.97 Å². The molecule has 0 radical (unpaired) electrons. The van der Waals surface area contributed by atoms with Crippen LogP contribution in [0.1, 0.15) is 32.6 Å². The fraction of sp³-hybridized carbons (Fsp3) is 0.263. The second kappa shape index (κ2) is 7.09. The molecule has 23 heavy (non-hydrogen) atoms. The van der Waals surface area contributed by atoms with Gasteiger partial charge in [0.1, 0.15) is 0 Å². The Morgan fingerprint density at radius 2 is 1.61 bits per heavy atom. The Labute approximate surface area is 136 Å². The third kappa shape index (κ3) is 4.42. The summed E-state index contributed by atoms with van der Waals surface area (Å²) in [5.74, 6) is -0.847. The van der Waals surface area contributed by atoms with Gasteiger partial charge in [-0.1, -0.05) is 18.2 Å². The summed E-state index contributed by atoms with van der Waals surface area (Å²) in [7, 11) is 0. The molecule has 2 aromatic carbocycles. The number of amides is 1. The third-order valence-corrected chi connectivity index (χ3v) is 3.74. The second-order valence-electron chi connectivity index (χ2n) is 5.74. The maximum atomic E-state index is 12.0. The molecule has 0 atom stereocenters. The summed E-state index contributed by atoms with van der Waals surface area (Å²) < 4.78 is 5.08. The highest BCUT2D eigenvalue weighted by Gasteiger charge is 2.12. The van der Waals surface area contributed by atoms with Gasteiger partial charge in [-0.05, 0) is 68.1 Å². The number of nitrogens with one attached hydrogen (secondary N) is 1. The van der Waals surface area contributed by atoms with Gasteiger partial charge in [0.25, 0.3) is 5.91 Å². The van der Waals surface area contributed by atoms with Crippen molar-refractivity contribution in [2.75, 3.05) is 11.9 Å². The summed E-state index contributed by atoms with van der Waals surface area (Å²) in [5, 5.41) is 2.76. The highest BCUT2D eigenvalue weighted by Crippen LogP contribution is 2.16. The second-order valence-corrected chi connectivity index (χ2v) is 5.74. The number of hydrogen-bond donors (Lipinski definition) is 1. The van der Waals surface area contributed by atoms with E-state index in [1.807, 2.05) is 52.0 Å². The maximum absolute atomic E-state index is 12.0. The highest BCUT2D eigenvalue weighted by molar-refractivity contribution is 5.96. The van der Waals surface area contributed by atoms with Crippen LogP contribution in [0, 0.1) is 27.7 Å². The number of benzene rings is 2. The fourth-order valence-corrected chi connectivity index (χ4v) is 2.14. The van der Waals surface area contributed by atoms with Crippen molar-refractivity contribution in [1.29, 1.82) is 0 Å². The minimum absolute atomic E-state index is 0.306. The molecule has 0 aromatic heterocycles. The van der Waals surface area contributed by atoms with Crippen LogP contribution in [0.5, 0.6) is 0 Å². The van der Waals surface area contributed by atoms with E-state index in [9.17, 15) is 9.59 Å². The Kier molecular flexibility index (Phi) is 5.16. The van der Waals surface area contributed by atoms with Gasteiger partial charge in [0, 0.05) is 5.69 Å². The van der Waals surface area contributed by atoms with Crippen molar-refractivity contribution >= 4 is 17.6 Å². The van der Waals surface area contributed by atoms with E-state index in [0.29, 0.717) is 5.56 Å². The minimum atomic E-state index is -0.496. The molecule has 0 aliphatic heterocycles. The molecule has 2 aromatic rings. The molecule has 120 valence electrons. The van der Waals surface area contributed by atoms with E-state index in [1.165, 1.54) is 0 Å². The molecule has 4 heteroatoms. The Morgan fingerprint density at radius 3 is 2.30 bits per heavy atom. The topological polar surface area (TPSA) is 55.4 Å². The number of carbonyl (C=O) groups excluding carboxylic acids is 2. The van der Waals surface area contributed by atoms with E-state index in [0.717, 1.165) is 27.9 Å². The number of aryl methyl sites for hydroxylation is 4. The first-order valence-electron chi connectivity index (χ1n) is 7.48. The molecule has 2 rings (SSSR count). The standard InChI is InChI=1S/C19H21NO3/c1-12-5-6-14(3)17(9-12)20-18(21)11-23-19(22)16-8-7-13(2)15(4)10-16/h5-10H,11H2,1-4H3,(H,20,21). The molecule has 0 saturated carbocycles. The van der Waals surface area contributed by atoms with Crippen molar-refractivity contribution < 1.29 is 14.3 Å². The Morgan fingerprint density at radius 1 is 0.913 bits per heavy atom. The van der Waals surface area contributed by atoms with Crippen LogP contribution >= 0.6 is 0 Å². The van der Waals surface area contributed by atoms with Gasteiger partial charge in [0.2, 0.25) is 0 Å². The number of carbonyl (C=O) groups is 2. The van der Waals surface area contributed by atoms with Crippen molar-refractivity contribution in [3.8, 4) is 0 Å². The smallest absolute Gasteiger partial charge is 0.338 e. The van der Waals surface area contributed by atoms with E-state index in [-0.39, 0.29) is 12.5 Å². The van der Waals surface area contributed by atoms with Gasteiger partial charge < -0.3 is 10.1 Å². The number of hydrogen-bond acceptors (Lipinski definition) is 3. The fourth-order valence-electron chi connectivity index (χ4n) is 2.14. The largest absolute Gasteiger partial charge is 0.452 e. The van der Waals surface area contributed by atoms with E-state index in [4.69, 9.17) is 4.74 Å². The van der Waals surface area contributed by atoms with Crippen LogP contribution in [-0.4, -0.2) is 18.5 Å². The normalized spacial score (nSPS) is 10.3. The van der Waals surface area contributed by atoms with Gasteiger partial charge in [-0.25, -0.2) is 4.79 Å². The maximum Gasteiger partial charge on any atom is 0.338 e. The van der Waals surface area contributed by atoms with E-state index in [2.05, 4.69) is 5.32 Å². The third-order valence-electron chi connectivity index (χ3n) is 3.74. The van der Waals surface area contributed by atoms with Crippen molar-refractivity contribution in [2.45, 2.75) is 27.7 Å². The molecule has 4 nitrogen and oxygen atoms in total. The van der Waals surface area contributed by atoms with Crippen molar-refractivity contribution in [3.63, 3.8) is 0 Å². The molecule has 1 amide bonds. The predicted octanol–water partition coefficient (Wildman–Crippen LogP) is 3.72. The van der Waals surface area contributed by atoms with Gasteiger partial charge in [-0.3, -0.25) is 4.79 Å². The zero-order chi connectivity index (χ0) is 17.0. The molecule has 1 N–H and O–H groups in total. The first-order valence-corrected chi connectivity index (χ1v) is 7.48. The lowest BCUT2D eigenvalue weighted by atomic mass is 10.1. The summed E-state index contributed by atoms with van der Waals surface area (Å²) in [6, 6.07) is 11.1. The van der Waals surface area contributed by atoms with Crippen LogP contribution < -0.4 is 5.32 Å². The van der Waals surface area contributed by atoms with E-state index < -0.39 is 5.97 Å². The molecule has 0 fully saturated rings. The molecular formula is C19H21NO3. The summed E-state index contributed by atoms with van der Waals surface area (Å²) in [5.41, 5.74) is 5.32. The SMILES string of the molecule is Cc1ccc(C)c(NC(=O)COC(=O)c2ccc(C)c(C)c2)c1. The van der Waals surface area contributed by atoms with Crippen LogP contribution in [0.4, 0.5) is 5.69 Å². The molecule has 0 aliphatic rings. The zero-order valence-corrected chi connectivity index (χ0v) is 13.9. The molecule has 0 saturated heterocycles. The molecule has 0 spiro atoms. The van der Waals surface area contributed by atoms with Gasteiger partial charge in [0.15, 0.2) is 6.61 Å². The number of anilines is 1. The van der Waals surface area contributed by atoms with E-state index in [1.54, 1.807) is 12.1 Å². The number of esters is 1. The average Bonchev–Trinajstić information content (AvgIpc) is 2.51. The van der Waals surface area contributed by atoms with Crippen molar-refractivity contribution in [1.82, 2.24) is 0 Å². The Balaban J connectivity index is 1.94. The van der Waals surface area contributed by atoms with Crippen LogP contribution in [0.15, 0.2) is 36.4 Å². The summed E-state index contributed by atoms with van der Waals surface area (Å²) in [6.07, 6.45) is 0. The van der Waals surface area contributed by atoms with Crippen LogP contribution in [-0.2, 0) is 9.53 Å². The lowest BCUT2D eigenvalue weighted by molar-refractivity contribution is -0.119. The lowest BCUT2D eigenvalue weighted by Gasteiger charge is -2.10. The summed E-state index contributed by atoms with van der Waals surface area (Å²) in [6.45, 7) is 7.46. The summed E-state index contributed by atoms with van der Waals surface area (Å²) >= 11 is 0. The molecular weight excluding hydrogens is 290 g/mol. The molecule has 0 aliphatic carbocycles. The molecule has 0 bridgehead atoms.